The molecule has 1 unspecified atom stereocenters. The van der Waals surface area contributed by atoms with Crippen molar-refractivity contribution >= 4 is 27.3 Å². The first-order valence-electron chi connectivity index (χ1n) is 6.63. The maximum Gasteiger partial charge on any atom is 0.0701 e. The molecule has 0 aliphatic heterocycles. The Kier molecular flexibility index (Phi) is 5.19. The second-order valence-corrected chi connectivity index (χ2v) is 6.89. The van der Waals surface area contributed by atoms with Crippen molar-refractivity contribution < 1.29 is 0 Å². The number of nitrogens with one attached hydrogen (secondary N) is 1. The standard InChI is InChI=1S/C14H20BrN3S/c1-4-11-7-12(18(3)17-11)8-13(16-5-2)10-6-14(15)19-9-10/h6-7,9,13,16H,4-5,8H2,1-3H3. The van der Waals surface area contributed by atoms with Gasteiger partial charge in [-0.15, -0.1) is 11.3 Å². The summed E-state index contributed by atoms with van der Waals surface area (Å²) in [5.41, 5.74) is 3.79. The molecule has 19 heavy (non-hydrogen) atoms. The van der Waals surface area contributed by atoms with Gasteiger partial charge in [0.15, 0.2) is 0 Å². The Balaban J connectivity index is 2.18. The zero-order chi connectivity index (χ0) is 13.8. The van der Waals surface area contributed by atoms with Crippen LogP contribution >= 0.6 is 27.3 Å². The van der Waals surface area contributed by atoms with Crippen LogP contribution in [0.3, 0.4) is 0 Å². The van der Waals surface area contributed by atoms with Gasteiger partial charge in [0.2, 0.25) is 0 Å². The Bertz CT molecular complexity index is 533. The van der Waals surface area contributed by atoms with Crippen molar-refractivity contribution in [3.05, 3.63) is 38.3 Å². The third-order valence-corrected chi connectivity index (χ3v) is 4.77. The lowest BCUT2D eigenvalue weighted by atomic mass is 10.0. The van der Waals surface area contributed by atoms with Crippen LogP contribution in [-0.2, 0) is 19.9 Å². The van der Waals surface area contributed by atoms with Crippen LogP contribution in [0.2, 0.25) is 0 Å². The van der Waals surface area contributed by atoms with Crippen molar-refractivity contribution in [3.63, 3.8) is 0 Å². The van der Waals surface area contributed by atoms with Crippen molar-refractivity contribution in [1.29, 1.82) is 0 Å². The molecular weight excluding hydrogens is 322 g/mol. The van der Waals surface area contributed by atoms with Gasteiger partial charge in [-0.1, -0.05) is 13.8 Å². The minimum Gasteiger partial charge on any atom is -0.310 e. The van der Waals surface area contributed by atoms with Crippen LogP contribution in [-0.4, -0.2) is 16.3 Å². The van der Waals surface area contributed by atoms with E-state index < -0.39 is 0 Å². The molecule has 0 radical (unpaired) electrons. The van der Waals surface area contributed by atoms with Crippen molar-refractivity contribution in [1.82, 2.24) is 15.1 Å². The largest absolute Gasteiger partial charge is 0.310 e. The lowest BCUT2D eigenvalue weighted by molar-refractivity contribution is 0.530. The van der Waals surface area contributed by atoms with Crippen LogP contribution in [0.5, 0.6) is 0 Å². The Labute approximate surface area is 127 Å². The summed E-state index contributed by atoms with van der Waals surface area (Å²) in [4.78, 5) is 0. The molecule has 104 valence electrons. The quantitative estimate of drug-likeness (QED) is 0.868. The van der Waals surface area contributed by atoms with E-state index >= 15 is 0 Å². The van der Waals surface area contributed by atoms with Gasteiger partial charge in [0.25, 0.3) is 0 Å². The smallest absolute Gasteiger partial charge is 0.0701 e. The van der Waals surface area contributed by atoms with Gasteiger partial charge >= 0.3 is 0 Å². The summed E-state index contributed by atoms with van der Waals surface area (Å²) in [6.45, 7) is 5.26. The summed E-state index contributed by atoms with van der Waals surface area (Å²) in [6, 6.07) is 4.77. The maximum absolute atomic E-state index is 4.52. The summed E-state index contributed by atoms with van der Waals surface area (Å²) < 4.78 is 3.19. The van der Waals surface area contributed by atoms with Crippen LogP contribution in [0, 0.1) is 0 Å². The number of likely N-dealkylation sites (N-methyl/N-ethyl adjacent to an activating group) is 1. The first kappa shape index (κ1) is 14.8. The Morgan fingerprint density at radius 2 is 2.21 bits per heavy atom. The predicted molar refractivity (Wildman–Crippen MR) is 84.7 cm³/mol. The molecule has 3 nitrogen and oxygen atoms in total. The van der Waals surface area contributed by atoms with E-state index in [1.807, 2.05) is 11.7 Å². The number of aryl methyl sites for hydroxylation is 2. The van der Waals surface area contributed by atoms with Crippen LogP contribution < -0.4 is 5.32 Å². The third kappa shape index (κ3) is 3.68. The van der Waals surface area contributed by atoms with E-state index in [9.17, 15) is 0 Å². The highest BCUT2D eigenvalue weighted by atomic mass is 79.9. The lowest BCUT2D eigenvalue weighted by Gasteiger charge is -2.16. The van der Waals surface area contributed by atoms with Gasteiger partial charge < -0.3 is 5.32 Å². The number of hydrogen-bond acceptors (Lipinski definition) is 3. The summed E-state index contributed by atoms with van der Waals surface area (Å²) >= 11 is 5.28. The molecule has 0 saturated carbocycles. The van der Waals surface area contributed by atoms with E-state index in [1.54, 1.807) is 11.3 Å². The van der Waals surface area contributed by atoms with Crippen LogP contribution in [0.1, 0.15) is 36.8 Å². The summed E-state index contributed by atoms with van der Waals surface area (Å²) in [7, 11) is 2.03. The second kappa shape index (κ2) is 6.68. The number of rotatable bonds is 6. The molecule has 2 aromatic rings. The van der Waals surface area contributed by atoms with E-state index in [2.05, 4.69) is 57.7 Å². The molecule has 0 saturated heterocycles. The Morgan fingerprint density at radius 1 is 1.42 bits per heavy atom. The van der Waals surface area contributed by atoms with Gasteiger partial charge in [-0.25, -0.2) is 0 Å². The van der Waals surface area contributed by atoms with Crippen LogP contribution in [0.25, 0.3) is 0 Å². The highest BCUT2D eigenvalue weighted by Gasteiger charge is 2.15. The first-order chi connectivity index (χ1) is 9.13. The van der Waals surface area contributed by atoms with Crippen molar-refractivity contribution in [3.8, 4) is 0 Å². The fraction of sp³-hybridized carbons (Fsp3) is 0.500. The minimum atomic E-state index is 0.354. The molecule has 2 aromatic heterocycles. The molecule has 1 N–H and O–H groups in total. The molecule has 5 heteroatoms. The number of halogens is 1. The number of hydrogen-bond donors (Lipinski definition) is 1. The Morgan fingerprint density at radius 3 is 2.74 bits per heavy atom. The number of thiophene rings is 1. The van der Waals surface area contributed by atoms with Crippen LogP contribution in [0.15, 0.2) is 21.3 Å². The fourth-order valence-corrected chi connectivity index (χ4v) is 3.43. The Hall–Kier alpha value is -0.650. The molecule has 0 aliphatic carbocycles. The highest BCUT2D eigenvalue weighted by Crippen LogP contribution is 2.27. The lowest BCUT2D eigenvalue weighted by Crippen LogP contribution is -2.23. The predicted octanol–water partition coefficient (Wildman–Crippen LogP) is 3.70. The van der Waals surface area contributed by atoms with E-state index in [4.69, 9.17) is 0 Å². The topological polar surface area (TPSA) is 29.9 Å². The van der Waals surface area contributed by atoms with Crippen molar-refractivity contribution in [2.45, 2.75) is 32.7 Å². The van der Waals surface area contributed by atoms with E-state index in [1.165, 1.54) is 20.7 Å². The molecule has 2 rings (SSSR count). The monoisotopic (exact) mass is 341 g/mol. The van der Waals surface area contributed by atoms with E-state index in [0.29, 0.717) is 6.04 Å². The maximum atomic E-state index is 4.52. The average Bonchev–Trinajstić information content (AvgIpc) is 2.96. The third-order valence-electron chi connectivity index (χ3n) is 3.24. The fourth-order valence-electron chi connectivity index (χ4n) is 2.20. The first-order valence-corrected chi connectivity index (χ1v) is 8.30. The number of aromatic nitrogens is 2. The zero-order valence-electron chi connectivity index (χ0n) is 11.6. The molecular formula is C14H20BrN3S. The van der Waals surface area contributed by atoms with Crippen LogP contribution in [0.4, 0.5) is 0 Å². The zero-order valence-corrected chi connectivity index (χ0v) is 14.0. The second-order valence-electron chi connectivity index (χ2n) is 4.60. The van der Waals surface area contributed by atoms with Gasteiger partial charge in [-0.2, -0.15) is 5.10 Å². The van der Waals surface area contributed by atoms with Gasteiger partial charge in [-0.05, 0) is 52.0 Å². The van der Waals surface area contributed by atoms with Gasteiger partial charge in [0, 0.05) is 25.2 Å². The molecule has 2 heterocycles. The van der Waals surface area contributed by atoms with E-state index in [-0.39, 0.29) is 0 Å². The average molecular weight is 342 g/mol. The molecule has 1 atom stereocenters. The molecule has 0 bridgehead atoms. The van der Waals surface area contributed by atoms with Gasteiger partial charge in [0.05, 0.1) is 9.48 Å². The molecule has 0 spiro atoms. The highest BCUT2D eigenvalue weighted by molar-refractivity contribution is 9.11. The SMILES string of the molecule is CCNC(Cc1cc(CC)nn1C)c1csc(Br)c1. The molecule has 0 amide bonds. The summed E-state index contributed by atoms with van der Waals surface area (Å²) in [5.74, 6) is 0. The van der Waals surface area contributed by atoms with Crippen molar-refractivity contribution in [2.24, 2.45) is 7.05 Å². The van der Waals surface area contributed by atoms with Gasteiger partial charge in [-0.3, -0.25) is 4.68 Å². The summed E-state index contributed by atoms with van der Waals surface area (Å²) in [5, 5.41) is 10.3. The van der Waals surface area contributed by atoms with E-state index in [0.717, 1.165) is 19.4 Å². The number of nitrogens with zero attached hydrogens (tertiary/aromatic N) is 2. The van der Waals surface area contributed by atoms with Crippen molar-refractivity contribution in [2.75, 3.05) is 6.54 Å². The molecule has 0 aromatic carbocycles. The normalized spacial score (nSPS) is 12.8. The van der Waals surface area contributed by atoms with Gasteiger partial charge in [0.1, 0.15) is 0 Å². The minimum absolute atomic E-state index is 0.354. The molecule has 0 aliphatic rings. The summed E-state index contributed by atoms with van der Waals surface area (Å²) in [6.07, 6.45) is 1.96. The molecule has 0 fully saturated rings.